The fraction of sp³-hybridized carbons (Fsp3) is 0.182. The van der Waals surface area contributed by atoms with Crippen LogP contribution in [0.2, 0.25) is 0 Å². The lowest BCUT2D eigenvalue weighted by molar-refractivity contribution is 0.102. The van der Waals surface area contributed by atoms with Crippen LogP contribution in [0.3, 0.4) is 0 Å². The molecule has 1 aromatic heterocycles. The lowest BCUT2D eigenvalue weighted by Crippen LogP contribution is -2.11. The first-order valence-electron chi connectivity index (χ1n) is 5.33. The number of nitrogens with zero attached hydrogens (tertiary/aromatic N) is 2. The standard InChI is InChI=1S/C11H11IN4OS/c1-2-13-11-16-15-10(18-11)9(17)14-8-5-3-4-7(12)6-8/h3-6H,2H2,1H3,(H,13,16)(H,14,17). The molecular weight excluding hydrogens is 363 g/mol. The second kappa shape index (κ2) is 6.10. The molecular formula is C11H11IN4OS. The Morgan fingerprint density at radius 1 is 1.44 bits per heavy atom. The topological polar surface area (TPSA) is 66.9 Å². The van der Waals surface area contributed by atoms with Crippen molar-refractivity contribution in [3.63, 3.8) is 0 Å². The van der Waals surface area contributed by atoms with Crippen molar-refractivity contribution in [1.29, 1.82) is 0 Å². The highest BCUT2D eigenvalue weighted by molar-refractivity contribution is 14.1. The fourth-order valence-electron chi connectivity index (χ4n) is 1.29. The summed E-state index contributed by atoms with van der Waals surface area (Å²) in [5.74, 6) is -0.237. The summed E-state index contributed by atoms with van der Waals surface area (Å²) in [6.07, 6.45) is 0. The molecule has 94 valence electrons. The summed E-state index contributed by atoms with van der Waals surface area (Å²) < 4.78 is 1.07. The van der Waals surface area contributed by atoms with Crippen molar-refractivity contribution in [2.24, 2.45) is 0 Å². The zero-order chi connectivity index (χ0) is 13.0. The highest BCUT2D eigenvalue weighted by atomic mass is 127. The number of amides is 1. The molecule has 1 amide bonds. The summed E-state index contributed by atoms with van der Waals surface area (Å²) in [5.41, 5.74) is 0.757. The third kappa shape index (κ3) is 3.39. The van der Waals surface area contributed by atoms with Gasteiger partial charge in [-0.25, -0.2) is 0 Å². The number of halogens is 1. The number of carbonyl (C=O) groups is 1. The number of hydrogen-bond acceptors (Lipinski definition) is 5. The summed E-state index contributed by atoms with van der Waals surface area (Å²) in [4.78, 5) is 11.9. The molecule has 2 N–H and O–H groups in total. The van der Waals surface area contributed by atoms with Gasteiger partial charge in [0.2, 0.25) is 10.1 Å². The molecule has 0 saturated carbocycles. The van der Waals surface area contributed by atoms with Gasteiger partial charge in [0.25, 0.3) is 5.91 Å². The Hall–Kier alpha value is -1.22. The SMILES string of the molecule is CCNc1nnc(C(=O)Nc2cccc(I)c2)s1. The molecule has 2 rings (SSSR count). The van der Waals surface area contributed by atoms with E-state index < -0.39 is 0 Å². The van der Waals surface area contributed by atoms with E-state index >= 15 is 0 Å². The highest BCUT2D eigenvalue weighted by Gasteiger charge is 2.12. The Balaban J connectivity index is 2.07. The van der Waals surface area contributed by atoms with Crippen molar-refractivity contribution in [2.45, 2.75) is 6.92 Å². The average Bonchev–Trinajstić information content (AvgIpc) is 2.78. The van der Waals surface area contributed by atoms with Gasteiger partial charge in [-0.1, -0.05) is 17.4 Å². The molecule has 2 aromatic rings. The smallest absolute Gasteiger partial charge is 0.286 e. The Kier molecular flexibility index (Phi) is 4.48. The first-order chi connectivity index (χ1) is 8.69. The quantitative estimate of drug-likeness (QED) is 0.808. The van der Waals surface area contributed by atoms with E-state index in [0.29, 0.717) is 10.1 Å². The minimum absolute atomic E-state index is 0.237. The van der Waals surface area contributed by atoms with Crippen LogP contribution in [0.5, 0.6) is 0 Å². The van der Waals surface area contributed by atoms with Crippen LogP contribution in [0, 0.1) is 3.57 Å². The van der Waals surface area contributed by atoms with Crippen LogP contribution in [0.25, 0.3) is 0 Å². The molecule has 18 heavy (non-hydrogen) atoms. The number of nitrogens with one attached hydrogen (secondary N) is 2. The van der Waals surface area contributed by atoms with Gasteiger partial charge >= 0.3 is 0 Å². The van der Waals surface area contributed by atoms with E-state index in [9.17, 15) is 4.79 Å². The number of benzene rings is 1. The Bertz CT molecular complexity index is 557. The Morgan fingerprint density at radius 2 is 2.28 bits per heavy atom. The number of aromatic nitrogens is 2. The van der Waals surface area contributed by atoms with Gasteiger partial charge in [-0.3, -0.25) is 4.79 Å². The Morgan fingerprint density at radius 3 is 3.00 bits per heavy atom. The molecule has 1 aromatic carbocycles. The van der Waals surface area contributed by atoms with Crippen molar-refractivity contribution in [1.82, 2.24) is 10.2 Å². The zero-order valence-electron chi connectivity index (χ0n) is 9.61. The van der Waals surface area contributed by atoms with E-state index in [1.807, 2.05) is 31.2 Å². The monoisotopic (exact) mass is 374 g/mol. The number of hydrogen-bond donors (Lipinski definition) is 2. The zero-order valence-corrected chi connectivity index (χ0v) is 12.6. The highest BCUT2D eigenvalue weighted by Crippen LogP contribution is 2.17. The number of carbonyl (C=O) groups excluding carboxylic acids is 1. The molecule has 0 bridgehead atoms. The molecule has 7 heteroatoms. The summed E-state index contributed by atoms with van der Waals surface area (Å²) in [7, 11) is 0. The summed E-state index contributed by atoms with van der Waals surface area (Å²) in [6.45, 7) is 2.72. The molecule has 0 saturated heterocycles. The van der Waals surface area contributed by atoms with Crippen molar-refractivity contribution in [3.05, 3.63) is 32.8 Å². The lowest BCUT2D eigenvalue weighted by atomic mass is 10.3. The van der Waals surface area contributed by atoms with Crippen molar-refractivity contribution < 1.29 is 4.79 Å². The summed E-state index contributed by atoms with van der Waals surface area (Å²) in [5, 5.41) is 14.5. The minimum Gasteiger partial charge on any atom is -0.360 e. The van der Waals surface area contributed by atoms with Gasteiger partial charge in [-0.05, 0) is 47.7 Å². The largest absolute Gasteiger partial charge is 0.360 e. The van der Waals surface area contributed by atoms with Gasteiger partial charge in [0.15, 0.2) is 0 Å². The van der Waals surface area contributed by atoms with E-state index in [1.54, 1.807) is 0 Å². The molecule has 0 atom stereocenters. The minimum atomic E-state index is -0.237. The fourth-order valence-corrected chi connectivity index (χ4v) is 2.54. The van der Waals surface area contributed by atoms with Gasteiger partial charge in [0.1, 0.15) is 0 Å². The number of anilines is 2. The maximum absolute atomic E-state index is 11.9. The molecule has 0 aliphatic rings. The van der Waals surface area contributed by atoms with Gasteiger partial charge < -0.3 is 10.6 Å². The van der Waals surface area contributed by atoms with Crippen LogP contribution in [-0.4, -0.2) is 22.6 Å². The lowest BCUT2D eigenvalue weighted by Gasteiger charge is -2.02. The van der Waals surface area contributed by atoms with Crippen molar-refractivity contribution in [3.8, 4) is 0 Å². The van der Waals surface area contributed by atoms with Gasteiger partial charge in [-0.2, -0.15) is 0 Å². The van der Waals surface area contributed by atoms with Crippen LogP contribution < -0.4 is 10.6 Å². The molecule has 0 spiro atoms. The van der Waals surface area contributed by atoms with E-state index in [2.05, 4.69) is 43.4 Å². The summed E-state index contributed by atoms with van der Waals surface area (Å²) in [6, 6.07) is 7.59. The predicted molar refractivity (Wildman–Crippen MR) is 81.2 cm³/mol. The molecule has 1 heterocycles. The third-order valence-electron chi connectivity index (χ3n) is 2.03. The first kappa shape index (κ1) is 13.2. The third-order valence-corrected chi connectivity index (χ3v) is 3.58. The molecule has 0 unspecified atom stereocenters. The summed E-state index contributed by atoms with van der Waals surface area (Å²) >= 11 is 3.44. The molecule has 0 radical (unpaired) electrons. The molecule has 0 aliphatic carbocycles. The van der Waals surface area contributed by atoms with E-state index in [0.717, 1.165) is 15.8 Å². The second-order valence-corrected chi connectivity index (χ2v) is 5.63. The number of rotatable bonds is 4. The van der Waals surface area contributed by atoms with Gasteiger partial charge in [0.05, 0.1) is 0 Å². The predicted octanol–water partition coefficient (Wildman–Crippen LogP) is 2.83. The van der Waals surface area contributed by atoms with Gasteiger partial charge in [-0.15, -0.1) is 10.2 Å². The second-order valence-electron chi connectivity index (χ2n) is 3.41. The van der Waals surface area contributed by atoms with Crippen LogP contribution >= 0.6 is 33.9 Å². The van der Waals surface area contributed by atoms with Crippen LogP contribution in [0.15, 0.2) is 24.3 Å². The average molecular weight is 374 g/mol. The maximum atomic E-state index is 11.9. The molecule has 5 nitrogen and oxygen atoms in total. The maximum Gasteiger partial charge on any atom is 0.286 e. The Labute approximate surface area is 122 Å². The molecule has 0 aliphatic heterocycles. The van der Waals surface area contributed by atoms with Crippen LogP contribution in [-0.2, 0) is 0 Å². The molecule has 0 fully saturated rings. The normalized spacial score (nSPS) is 10.1. The van der Waals surface area contributed by atoms with Crippen LogP contribution in [0.1, 0.15) is 16.7 Å². The van der Waals surface area contributed by atoms with E-state index in [4.69, 9.17) is 0 Å². The van der Waals surface area contributed by atoms with Crippen molar-refractivity contribution in [2.75, 3.05) is 17.2 Å². The van der Waals surface area contributed by atoms with E-state index in [-0.39, 0.29) is 5.91 Å². The van der Waals surface area contributed by atoms with Crippen LogP contribution in [0.4, 0.5) is 10.8 Å². The van der Waals surface area contributed by atoms with E-state index in [1.165, 1.54) is 11.3 Å². The van der Waals surface area contributed by atoms with Crippen molar-refractivity contribution >= 4 is 50.7 Å². The van der Waals surface area contributed by atoms with Gasteiger partial charge in [0, 0.05) is 15.8 Å². The first-order valence-corrected chi connectivity index (χ1v) is 7.23.